The number of amides is 1. The predicted molar refractivity (Wildman–Crippen MR) is 107 cm³/mol. The van der Waals surface area contributed by atoms with Crippen LogP contribution in [0.1, 0.15) is 31.7 Å². The second-order valence-electron chi connectivity index (χ2n) is 7.09. The molecule has 2 aromatic carbocycles. The highest BCUT2D eigenvalue weighted by Gasteiger charge is 2.21. The lowest BCUT2D eigenvalue weighted by Crippen LogP contribution is -3.13. The first-order chi connectivity index (χ1) is 12.7. The lowest BCUT2D eigenvalue weighted by Gasteiger charge is -2.29. The molecule has 0 radical (unpaired) electrons. The molecule has 0 saturated carbocycles. The van der Waals surface area contributed by atoms with Gasteiger partial charge < -0.3 is 15.0 Å². The first-order valence-electron chi connectivity index (χ1n) is 9.58. The van der Waals surface area contributed by atoms with Crippen molar-refractivity contribution in [2.75, 3.05) is 26.7 Å². The van der Waals surface area contributed by atoms with Gasteiger partial charge in [0.05, 0.1) is 26.7 Å². The van der Waals surface area contributed by atoms with E-state index in [2.05, 4.69) is 24.4 Å². The number of benzene rings is 2. The molecule has 0 aliphatic carbocycles. The van der Waals surface area contributed by atoms with Gasteiger partial charge >= 0.3 is 0 Å². The van der Waals surface area contributed by atoms with Crippen molar-refractivity contribution < 1.29 is 14.4 Å². The van der Waals surface area contributed by atoms with Crippen LogP contribution in [0.3, 0.4) is 0 Å². The van der Waals surface area contributed by atoms with Crippen molar-refractivity contribution in [2.45, 2.75) is 32.2 Å². The predicted octanol–water partition coefficient (Wildman–Crippen LogP) is 2.44. The van der Waals surface area contributed by atoms with Gasteiger partial charge in [0.2, 0.25) is 5.91 Å². The maximum atomic E-state index is 12.2. The SMILES string of the molecule is CCC[NH+]1CCC(NC(=O)/C=C/c2ccc3cc(OC)ccc3c2)CC1. The molecule has 1 fully saturated rings. The first kappa shape index (κ1) is 18.5. The van der Waals surface area contributed by atoms with Crippen LogP contribution in [0.5, 0.6) is 5.75 Å². The molecule has 1 saturated heterocycles. The first-order valence-corrected chi connectivity index (χ1v) is 9.58. The van der Waals surface area contributed by atoms with Gasteiger partial charge in [-0.05, 0) is 47.0 Å². The topological polar surface area (TPSA) is 42.8 Å². The Labute approximate surface area is 155 Å². The molecule has 1 aliphatic heterocycles. The highest BCUT2D eigenvalue weighted by atomic mass is 16.5. The van der Waals surface area contributed by atoms with E-state index in [1.807, 2.05) is 30.3 Å². The van der Waals surface area contributed by atoms with Gasteiger partial charge in [-0.2, -0.15) is 0 Å². The van der Waals surface area contributed by atoms with Crippen molar-refractivity contribution in [1.82, 2.24) is 5.32 Å². The lowest BCUT2D eigenvalue weighted by molar-refractivity contribution is -0.905. The number of ether oxygens (including phenoxy) is 1. The number of nitrogens with one attached hydrogen (secondary N) is 2. The van der Waals surface area contributed by atoms with Crippen LogP contribution >= 0.6 is 0 Å². The van der Waals surface area contributed by atoms with Crippen LogP contribution in [-0.4, -0.2) is 38.7 Å². The summed E-state index contributed by atoms with van der Waals surface area (Å²) in [7, 11) is 1.67. The van der Waals surface area contributed by atoms with Crippen molar-refractivity contribution in [3.63, 3.8) is 0 Å². The number of likely N-dealkylation sites (tertiary alicyclic amines) is 1. The van der Waals surface area contributed by atoms with E-state index in [1.54, 1.807) is 18.1 Å². The van der Waals surface area contributed by atoms with Gasteiger partial charge in [0.15, 0.2) is 0 Å². The third kappa shape index (κ3) is 4.85. The third-order valence-electron chi connectivity index (χ3n) is 5.14. The second-order valence-corrected chi connectivity index (χ2v) is 7.09. The van der Waals surface area contributed by atoms with Crippen molar-refractivity contribution in [2.24, 2.45) is 0 Å². The monoisotopic (exact) mass is 353 g/mol. The number of methoxy groups -OCH3 is 1. The average molecular weight is 353 g/mol. The van der Waals surface area contributed by atoms with Crippen molar-refractivity contribution in [1.29, 1.82) is 0 Å². The number of hydrogen-bond acceptors (Lipinski definition) is 2. The Bertz CT molecular complexity index is 777. The van der Waals surface area contributed by atoms with Gasteiger partial charge in [-0.15, -0.1) is 0 Å². The molecule has 2 N–H and O–H groups in total. The van der Waals surface area contributed by atoms with Crippen molar-refractivity contribution in [3.05, 3.63) is 48.0 Å². The zero-order valence-corrected chi connectivity index (χ0v) is 15.8. The number of piperidine rings is 1. The van der Waals surface area contributed by atoms with E-state index in [1.165, 1.54) is 13.0 Å². The Morgan fingerprint density at radius 3 is 2.65 bits per heavy atom. The number of quaternary nitrogens is 1. The zero-order chi connectivity index (χ0) is 18.4. The van der Waals surface area contributed by atoms with E-state index in [9.17, 15) is 4.79 Å². The van der Waals surface area contributed by atoms with Gasteiger partial charge in [-0.25, -0.2) is 0 Å². The Hall–Kier alpha value is -2.33. The summed E-state index contributed by atoms with van der Waals surface area (Å²) in [5.41, 5.74) is 1.03. The van der Waals surface area contributed by atoms with Gasteiger partial charge in [-0.3, -0.25) is 4.79 Å². The van der Waals surface area contributed by atoms with Crippen LogP contribution in [0.4, 0.5) is 0 Å². The molecule has 1 aliphatic rings. The smallest absolute Gasteiger partial charge is 0.244 e. The summed E-state index contributed by atoms with van der Waals surface area (Å²) >= 11 is 0. The molecule has 0 bridgehead atoms. The van der Waals surface area contributed by atoms with Crippen LogP contribution in [-0.2, 0) is 4.79 Å². The molecule has 0 atom stereocenters. The van der Waals surface area contributed by atoms with E-state index in [-0.39, 0.29) is 5.91 Å². The van der Waals surface area contributed by atoms with Gasteiger partial charge in [-0.1, -0.05) is 25.1 Å². The van der Waals surface area contributed by atoms with E-state index in [4.69, 9.17) is 4.74 Å². The van der Waals surface area contributed by atoms with Gasteiger partial charge in [0.25, 0.3) is 0 Å². The molecule has 138 valence electrons. The largest absolute Gasteiger partial charge is 0.497 e. The molecule has 26 heavy (non-hydrogen) atoms. The average Bonchev–Trinajstić information content (AvgIpc) is 2.67. The highest BCUT2D eigenvalue weighted by Crippen LogP contribution is 2.22. The molecule has 0 spiro atoms. The highest BCUT2D eigenvalue weighted by molar-refractivity contribution is 5.93. The molecular weight excluding hydrogens is 324 g/mol. The minimum absolute atomic E-state index is 0.00349. The maximum Gasteiger partial charge on any atom is 0.244 e. The Morgan fingerprint density at radius 1 is 1.19 bits per heavy atom. The van der Waals surface area contributed by atoms with Crippen LogP contribution in [0.2, 0.25) is 0 Å². The summed E-state index contributed by atoms with van der Waals surface area (Å²) in [4.78, 5) is 13.9. The minimum atomic E-state index is 0.00349. The summed E-state index contributed by atoms with van der Waals surface area (Å²) in [5, 5.41) is 5.42. The van der Waals surface area contributed by atoms with Crippen LogP contribution in [0.15, 0.2) is 42.5 Å². The third-order valence-corrected chi connectivity index (χ3v) is 5.14. The summed E-state index contributed by atoms with van der Waals surface area (Å²) in [6.07, 6.45) is 6.92. The number of carbonyl (C=O) groups is 1. The molecule has 4 heteroatoms. The zero-order valence-electron chi connectivity index (χ0n) is 15.8. The Morgan fingerprint density at radius 2 is 1.92 bits per heavy atom. The maximum absolute atomic E-state index is 12.2. The molecule has 3 rings (SSSR count). The number of rotatable bonds is 6. The Balaban J connectivity index is 1.55. The molecule has 1 heterocycles. The van der Waals surface area contributed by atoms with Crippen molar-refractivity contribution >= 4 is 22.8 Å². The van der Waals surface area contributed by atoms with E-state index >= 15 is 0 Å². The Kier molecular flexibility index (Phi) is 6.29. The number of carbonyl (C=O) groups excluding carboxylic acids is 1. The van der Waals surface area contributed by atoms with Crippen molar-refractivity contribution in [3.8, 4) is 5.75 Å². The molecule has 2 aromatic rings. The van der Waals surface area contributed by atoms with Crippen LogP contribution < -0.4 is 15.0 Å². The second kappa shape index (κ2) is 8.86. The fourth-order valence-corrected chi connectivity index (χ4v) is 3.67. The fourth-order valence-electron chi connectivity index (χ4n) is 3.67. The molecule has 4 nitrogen and oxygen atoms in total. The normalized spacial score (nSPS) is 20.4. The van der Waals surface area contributed by atoms with Crippen LogP contribution in [0.25, 0.3) is 16.8 Å². The minimum Gasteiger partial charge on any atom is -0.497 e. The summed E-state index contributed by atoms with van der Waals surface area (Å²) in [6, 6.07) is 12.5. The van der Waals surface area contributed by atoms with Crippen LogP contribution in [0, 0.1) is 0 Å². The van der Waals surface area contributed by atoms with Gasteiger partial charge in [0.1, 0.15) is 5.75 Å². The lowest BCUT2D eigenvalue weighted by atomic mass is 10.0. The summed E-state index contributed by atoms with van der Waals surface area (Å²) < 4.78 is 5.26. The standard InChI is InChI=1S/C22H28N2O2/c1-3-12-24-13-10-20(11-14-24)23-22(25)9-5-17-4-6-19-16-21(26-2)8-7-18(19)15-17/h4-9,15-16,20H,3,10-14H2,1-2H3,(H,23,25)/p+1/b9-5+. The summed E-state index contributed by atoms with van der Waals surface area (Å²) in [6.45, 7) is 5.80. The molecule has 1 amide bonds. The summed E-state index contributed by atoms with van der Waals surface area (Å²) in [5.74, 6) is 0.857. The quantitative estimate of drug-likeness (QED) is 0.784. The fraction of sp³-hybridized carbons (Fsp3) is 0.409. The molecule has 0 unspecified atom stereocenters. The van der Waals surface area contributed by atoms with E-state index in [0.717, 1.165) is 48.0 Å². The molecular formula is C22H29N2O2+. The van der Waals surface area contributed by atoms with Gasteiger partial charge in [0, 0.05) is 25.0 Å². The number of fused-ring (bicyclic) bond motifs is 1. The molecule has 0 aromatic heterocycles. The number of hydrogen-bond donors (Lipinski definition) is 2. The van der Waals surface area contributed by atoms with E-state index < -0.39 is 0 Å². The van der Waals surface area contributed by atoms with E-state index in [0.29, 0.717) is 6.04 Å².